The third-order valence-electron chi connectivity index (χ3n) is 3.36. The summed E-state index contributed by atoms with van der Waals surface area (Å²) in [7, 11) is 1.38. The van der Waals surface area contributed by atoms with Gasteiger partial charge in [0.25, 0.3) is 0 Å². The second kappa shape index (κ2) is 7.36. The molecule has 0 aliphatic heterocycles. The Morgan fingerprint density at radius 2 is 2.19 bits per heavy atom. The second-order valence-corrected chi connectivity index (χ2v) is 5.99. The molecule has 0 aliphatic carbocycles. The summed E-state index contributed by atoms with van der Waals surface area (Å²) in [6.45, 7) is 4.11. The number of methoxy groups -OCH3 is 1. The Morgan fingerprint density at radius 3 is 2.90 bits per heavy atom. The molecule has 0 bridgehead atoms. The molecule has 6 heteroatoms. The molecule has 2 heterocycles. The number of hydrogen-bond donors (Lipinski definition) is 0. The first-order valence-electron chi connectivity index (χ1n) is 7.12. The van der Waals surface area contributed by atoms with Crippen LogP contribution in [-0.2, 0) is 24.0 Å². The Hall–Kier alpha value is -1.69. The molecule has 21 heavy (non-hydrogen) atoms. The lowest BCUT2D eigenvalue weighted by Gasteiger charge is -2.00. The summed E-state index contributed by atoms with van der Waals surface area (Å²) in [6.07, 6.45) is 6.40. The number of esters is 1. The van der Waals surface area contributed by atoms with Gasteiger partial charge in [-0.15, -0.1) is 11.3 Å². The Kier molecular flexibility index (Phi) is 5.50. The molecule has 2 aromatic rings. The molecular weight excluding hydrogens is 288 g/mol. The Labute approximate surface area is 128 Å². The van der Waals surface area contributed by atoms with Gasteiger partial charge in [0.1, 0.15) is 10.6 Å². The number of unbranched alkanes of at least 4 members (excludes halogenated alkanes) is 1. The summed E-state index contributed by atoms with van der Waals surface area (Å²) in [5.74, 6) is 0.550. The van der Waals surface area contributed by atoms with Crippen LogP contribution in [0.3, 0.4) is 0 Å². The maximum atomic E-state index is 11.4. The molecule has 0 amide bonds. The third-order valence-corrected chi connectivity index (χ3v) is 4.40. The van der Waals surface area contributed by atoms with E-state index in [0.29, 0.717) is 4.88 Å². The van der Waals surface area contributed by atoms with Crippen molar-refractivity contribution in [3.63, 3.8) is 0 Å². The van der Waals surface area contributed by atoms with Crippen molar-refractivity contribution in [3.05, 3.63) is 33.1 Å². The summed E-state index contributed by atoms with van der Waals surface area (Å²) in [5, 5.41) is 5.07. The maximum absolute atomic E-state index is 11.4. The van der Waals surface area contributed by atoms with E-state index in [1.165, 1.54) is 24.0 Å². The van der Waals surface area contributed by atoms with Crippen molar-refractivity contribution in [2.75, 3.05) is 7.11 Å². The number of carbonyl (C=O) groups is 1. The van der Waals surface area contributed by atoms with Crippen molar-refractivity contribution in [2.45, 2.75) is 46.0 Å². The molecule has 0 unspecified atom stereocenters. The van der Waals surface area contributed by atoms with Crippen LogP contribution in [0.25, 0.3) is 0 Å². The minimum atomic E-state index is -0.330. The van der Waals surface area contributed by atoms with Gasteiger partial charge in [-0.2, -0.15) is 0 Å². The first kappa shape index (κ1) is 15.7. The lowest BCUT2D eigenvalue weighted by Crippen LogP contribution is -1.97. The fourth-order valence-corrected chi connectivity index (χ4v) is 2.99. The van der Waals surface area contributed by atoms with E-state index in [1.54, 1.807) is 6.20 Å². The van der Waals surface area contributed by atoms with Gasteiger partial charge in [0, 0.05) is 12.0 Å². The lowest BCUT2D eigenvalue weighted by molar-refractivity contribution is 0.0606. The molecule has 0 spiro atoms. The van der Waals surface area contributed by atoms with Crippen LogP contribution >= 0.6 is 11.3 Å². The fraction of sp³-hybridized carbons (Fsp3) is 0.533. The maximum Gasteiger partial charge on any atom is 0.349 e. The molecule has 0 fully saturated rings. The van der Waals surface area contributed by atoms with Crippen LogP contribution in [0, 0.1) is 6.92 Å². The molecule has 2 rings (SSSR count). The predicted molar refractivity (Wildman–Crippen MR) is 80.7 cm³/mol. The van der Waals surface area contributed by atoms with Gasteiger partial charge in [0.15, 0.2) is 0 Å². The van der Waals surface area contributed by atoms with Gasteiger partial charge in [-0.25, -0.2) is 9.78 Å². The monoisotopic (exact) mass is 308 g/mol. The van der Waals surface area contributed by atoms with E-state index < -0.39 is 0 Å². The van der Waals surface area contributed by atoms with Gasteiger partial charge in [0.05, 0.1) is 24.0 Å². The van der Waals surface area contributed by atoms with Crippen molar-refractivity contribution >= 4 is 17.3 Å². The third kappa shape index (κ3) is 3.91. The van der Waals surface area contributed by atoms with E-state index in [4.69, 9.17) is 4.52 Å². The number of nitrogens with zero attached hydrogens (tertiary/aromatic N) is 2. The Morgan fingerprint density at radius 1 is 1.38 bits per heavy atom. The highest BCUT2D eigenvalue weighted by Crippen LogP contribution is 2.20. The molecule has 0 atom stereocenters. The minimum absolute atomic E-state index is 0.330. The van der Waals surface area contributed by atoms with Crippen molar-refractivity contribution in [1.82, 2.24) is 10.1 Å². The Bertz CT molecular complexity index is 604. The molecule has 0 saturated heterocycles. The normalized spacial score (nSPS) is 10.8. The van der Waals surface area contributed by atoms with Gasteiger partial charge in [0.2, 0.25) is 0 Å². The molecule has 0 aliphatic rings. The molecule has 0 radical (unpaired) electrons. The molecule has 0 saturated carbocycles. The number of aryl methyl sites for hydroxylation is 3. The standard InChI is InChI=1S/C15H20N2O3S/c1-4-5-6-12-11(10(2)20-17-12)7-8-14-16-9-13(21-14)15(18)19-3/h9H,4-8H2,1-3H3. The van der Waals surface area contributed by atoms with E-state index in [9.17, 15) is 4.79 Å². The molecule has 0 N–H and O–H groups in total. The van der Waals surface area contributed by atoms with E-state index in [0.717, 1.165) is 48.6 Å². The van der Waals surface area contributed by atoms with Crippen LogP contribution in [0.15, 0.2) is 10.7 Å². The summed E-state index contributed by atoms with van der Waals surface area (Å²) in [6, 6.07) is 0. The van der Waals surface area contributed by atoms with Gasteiger partial charge in [-0.05, 0) is 26.2 Å². The number of ether oxygens (including phenoxy) is 1. The van der Waals surface area contributed by atoms with Crippen molar-refractivity contribution < 1.29 is 14.1 Å². The SMILES string of the molecule is CCCCc1noc(C)c1CCc1ncc(C(=O)OC)s1. The van der Waals surface area contributed by atoms with Gasteiger partial charge >= 0.3 is 5.97 Å². The highest BCUT2D eigenvalue weighted by atomic mass is 32.1. The van der Waals surface area contributed by atoms with Gasteiger partial charge in [-0.1, -0.05) is 18.5 Å². The number of carbonyl (C=O) groups excluding carboxylic acids is 1. The van der Waals surface area contributed by atoms with Crippen LogP contribution in [-0.4, -0.2) is 23.2 Å². The summed E-state index contributed by atoms with van der Waals surface area (Å²) in [4.78, 5) is 16.2. The van der Waals surface area contributed by atoms with Crippen LogP contribution in [0.5, 0.6) is 0 Å². The largest absolute Gasteiger partial charge is 0.465 e. The molecule has 114 valence electrons. The average Bonchev–Trinajstić information content (AvgIpc) is 3.09. The zero-order valence-electron chi connectivity index (χ0n) is 12.6. The summed E-state index contributed by atoms with van der Waals surface area (Å²) in [5.41, 5.74) is 2.23. The Balaban J connectivity index is 2.01. The zero-order valence-corrected chi connectivity index (χ0v) is 13.5. The molecule has 2 aromatic heterocycles. The number of thiazole rings is 1. The fourth-order valence-electron chi connectivity index (χ4n) is 2.15. The average molecular weight is 308 g/mol. The van der Waals surface area contributed by atoms with E-state index in [-0.39, 0.29) is 5.97 Å². The topological polar surface area (TPSA) is 65.2 Å². The second-order valence-electron chi connectivity index (χ2n) is 4.88. The lowest BCUT2D eigenvalue weighted by atomic mass is 10.0. The number of aromatic nitrogens is 2. The van der Waals surface area contributed by atoms with Gasteiger partial charge in [-0.3, -0.25) is 0 Å². The van der Waals surface area contributed by atoms with Crippen molar-refractivity contribution in [1.29, 1.82) is 0 Å². The van der Waals surface area contributed by atoms with E-state index >= 15 is 0 Å². The van der Waals surface area contributed by atoms with Crippen LogP contribution < -0.4 is 0 Å². The highest BCUT2D eigenvalue weighted by molar-refractivity contribution is 7.13. The number of hydrogen-bond acceptors (Lipinski definition) is 6. The predicted octanol–water partition coefficient (Wildman–Crippen LogP) is 3.35. The van der Waals surface area contributed by atoms with E-state index in [1.807, 2.05) is 6.92 Å². The smallest absolute Gasteiger partial charge is 0.349 e. The van der Waals surface area contributed by atoms with E-state index in [2.05, 4.69) is 21.8 Å². The number of rotatable bonds is 7. The highest BCUT2D eigenvalue weighted by Gasteiger charge is 2.15. The van der Waals surface area contributed by atoms with Crippen LogP contribution in [0.2, 0.25) is 0 Å². The summed E-state index contributed by atoms with van der Waals surface area (Å²) < 4.78 is 9.99. The van der Waals surface area contributed by atoms with Gasteiger partial charge < -0.3 is 9.26 Å². The molecule has 5 nitrogen and oxygen atoms in total. The first-order chi connectivity index (χ1) is 10.2. The van der Waals surface area contributed by atoms with Crippen LogP contribution in [0.1, 0.15) is 51.5 Å². The molecular formula is C15H20N2O3S. The quantitative estimate of drug-likeness (QED) is 0.734. The summed E-state index contributed by atoms with van der Waals surface area (Å²) >= 11 is 1.38. The minimum Gasteiger partial charge on any atom is -0.465 e. The first-order valence-corrected chi connectivity index (χ1v) is 7.94. The molecule has 0 aromatic carbocycles. The zero-order chi connectivity index (χ0) is 15.2. The van der Waals surface area contributed by atoms with Crippen molar-refractivity contribution in [3.8, 4) is 0 Å². The van der Waals surface area contributed by atoms with Crippen LogP contribution in [0.4, 0.5) is 0 Å². The van der Waals surface area contributed by atoms with Crippen molar-refractivity contribution in [2.24, 2.45) is 0 Å².